The van der Waals surface area contributed by atoms with Gasteiger partial charge in [0, 0.05) is 23.5 Å². The van der Waals surface area contributed by atoms with E-state index in [1.165, 1.54) is 10.8 Å². The molecule has 9 heteroatoms. The lowest BCUT2D eigenvalue weighted by atomic mass is 9.93. The first-order valence-electron chi connectivity index (χ1n) is 17.6. The van der Waals surface area contributed by atoms with Crippen LogP contribution in [0.15, 0.2) is 97.1 Å². The third-order valence-corrected chi connectivity index (χ3v) is 15.3. The zero-order valence-corrected chi connectivity index (χ0v) is 30.5. The van der Waals surface area contributed by atoms with E-state index < -0.39 is 8.07 Å². The summed E-state index contributed by atoms with van der Waals surface area (Å²) in [6.45, 7) is 7.50. The molecule has 0 bridgehead atoms. The molecule has 0 aromatic heterocycles. The van der Waals surface area contributed by atoms with Gasteiger partial charge in [-0.1, -0.05) is 73.7 Å². The largest absolute Gasteiger partial charge is 0.497 e. The Kier molecular flexibility index (Phi) is 10.8. The molecule has 6 rings (SSSR count). The minimum Gasteiger partial charge on any atom is -0.497 e. The van der Waals surface area contributed by atoms with Gasteiger partial charge in [-0.25, -0.2) is 0 Å². The molecular formula is C41H49N3O5Si. The monoisotopic (exact) mass is 691 g/mol. The number of aliphatic hydroxyl groups is 1. The summed E-state index contributed by atoms with van der Waals surface area (Å²) >= 11 is 0. The quantitative estimate of drug-likeness (QED) is 0.128. The number of anilines is 2. The van der Waals surface area contributed by atoms with Crippen LogP contribution in [-0.4, -0.2) is 61.9 Å². The molecule has 4 aromatic carbocycles. The van der Waals surface area contributed by atoms with Gasteiger partial charge in [0.25, 0.3) is 5.91 Å². The van der Waals surface area contributed by atoms with Crippen LogP contribution in [0.4, 0.5) is 11.4 Å². The van der Waals surface area contributed by atoms with Crippen LogP contribution in [0.1, 0.15) is 46.8 Å². The van der Waals surface area contributed by atoms with E-state index in [1.54, 1.807) is 31.4 Å². The molecule has 2 heterocycles. The maximum absolute atomic E-state index is 14.2. The number of amides is 2. The number of fused-ring (bicyclic) bond motifs is 1. The van der Waals surface area contributed by atoms with Crippen molar-refractivity contribution in [3.8, 4) is 5.75 Å². The third kappa shape index (κ3) is 7.65. The topological polar surface area (TPSA) is 114 Å². The molecule has 0 radical (unpaired) electrons. The summed E-state index contributed by atoms with van der Waals surface area (Å²) in [4.78, 5) is 28.9. The molecule has 50 heavy (non-hydrogen) atoms. The molecule has 1 fully saturated rings. The first-order chi connectivity index (χ1) is 24.1. The van der Waals surface area contributed by atoms with Crippen LogP contribution in [0.3, 0.4) is 0 Å². The van der Waals surface area contributed by atoms with Crippen molar-refractivity contribution in [3.05, 3.63) is 119 Å². The summed E-state index contributed by atoms with van der Waals surface area (Å²) in [6, 6.07) is 31.2. The molecular weight excluding hydrogens is 643 g/mol. The summed E-state index contributed by atoms with van der Waals surface area (Å²) in [5.74, 6) is 0.897. The summed E-state index contributed by atoms with van der Waals surface area (Å²) in [6.07, 6.45) is 2.22. The fourth-order valence-corrected chi connectivity index (χ4v) is 12.2. The lowest BCUT2D eigenvalue weighted by molar-refractivity contribution is -0.138. The molecule has 0 saturated carbocycles. The van der Waals surface area contributed by atoms with Crippen molar-refractivity contribution < 1.29 is 24.2 Å². The van der Waals surface area contributed by atoms with Crippen molar-refractivity contribution in [3.63, 3.8) is 0 Å². The minimum atomic E-state index is -2.18. The number of hydrogen-bond acceptors (Lipinski definition) is 6. The number of hydrogen-bond donors (Lipinski definition) is 3. The Hall–Kier alpha value is -4.44. The fourth-order valence-electron chi connectivity index (χ4n) is 8.13. The molecule has 4 aromatic rings. The molecule has 0 aliphatic carbocycles. The zero-order valence-electron chi connectivity index (χ0n) is 29.5. The SMILES string of the molecule is COc1ccc([Si](C)(C)[C@@H]2[C@@H](C)[C@@H](CCc3cccc(NC(=O)c4ccc(N)cc4)c3)O[C@H]2CC(=O)N2Cc3ccccc3C[C@H]2CO)cc1. The number of aryl methyl sites for hydroxylation is 1. The van der Waals surface area contributed by atoms with Gasteiger partial charge in [0.05, 0.1) is 46.5 Å². The number of aliphatic hydroxyl groups excluding tert-OH is 1. The molecule has 2 aliphatic rings. The van der Waals surface area contributed by atoms with Crippen LogP contribution in [-0.2, 0) is 28.9 Å². The average molecular weight is 692 g/mol. The molecule has 0 unspecified atom stereocenters. The van der Waals surface area contributed by atoms with Crippen LogP contribution < -0.4 is 21.0 Å². The predicted octanol–water partition coefficient (Wildman–Crippen LogP) is 6.19. The highest BCUT2D eigenvalue weighted by molar-refractivity contribution is 6.91. The second kappa shape index (κ2) is 15.2. The standard InChI is InChI=1S/C41H49N3O5Si/c1-27-37(21-12-28-8-7-11-33(22-28)43-41(47)29-13-15-32(42)16-14-29)49-38(40(27)50(3,4)36-19-17-35(48-2)18-20-36)24-39(46)44-25-31-10-6-5-9-30(31)23-34(44)26-45/h5-11,13-20,22,27,34,37-38,40,45H,12,21,23-26,42H2,1-4H3,(H,43,47)/t27-,34-,37+,38-,40+/m0/s1. The lowest BCUT2D eigenvalue weighted by Crippen LogP contribution is -2.52. The Labute approximate surface area is 296 Å². The average Bonchev–Trinajstić information content (AvgIpc) is 3.44. The molecule has 1 saturated heterocycles. The Bertz CT molecular complexity index is 1790. The number of rotatable bonds is 11. The van der Waals surface area contributed by atoms with Crippen LogP contribution in [0, 0.1) is 5.92 Å². The molecule has 2 aliphatic heterocycles. The Morgan fingerprint density at radius 2 is 1.68 bits per heavy atom. The zero-order chi connectivity index (χ0) is 35.4. The van der Waals surface area contributed by atoms with Crippen molar-refractivity contribution >= 4 is 36.4 Å². The highest BCUT2D eigenvalue weighted by atomic mass is 28.3. The van der Waals surface area contributed by atoms with Crippen molar-refractivity contribution in [1.29, 1.82) is 0 Å². The number of methoxy groups -OCH3 is 1. The van der Waals surface area contributed by atoms with Gasteiger partial charge in [0.15, 0.2) is 0 Å². The van der Waals surface area contributed by atoms with Crippen molar-refractivity contribution in [2.75, 3.05) is 24.8 Å². The number of carbonyl (C=O) groups excluding carboxylic acids is 2. The smallest absolute Gasteiger partial charge is 0.255 e. The summed E-state index contributed by atoms with van der Waals surface area (Å²) < 4.78 is 12.4. The Balaban J connectivity index is 1.20. The van der Waals surface area contributed by atoms with Crippen LogP contribution in [0.25, 0.3) is 0 Å². The first-order valence-corrected chi connectivity index (χ1v) is 20.7. The predicted molar refractivity (Wildman–Crippen MR) is 201 cm³/mol. The number of nitrogen functional groups attached to an aromatic ring is 1. The molecule has 4 N–H and O–H groups in total. The highest BCUT2D eigenvalue weighted by Crippen LogP contribution is 2.47. The molecule has 2 amide bonds. The highest BCUT2D eigenvalue weighted by Gasteiger charge is 2.51. The lowest BCUT2D eigenvalue weighted by Gasteiger charge is -2.39. The van der Waals surface area contributed by atoms with E-state index in [-0.39, 0.29) is 54.6 Å². The first kappa shape index (κ1) is 35.4. The van der Waals surface area contributed by atoms with Crippen molar-refractivity contribution in [2.45, 2.75) is 76.0 Å². The van der Waals surface area contributed by atoms with E-state index in [1.807, 2.05) is 47.4 Å². The van der Waals surface area contributed by atoms with Crippen LogP contribution in [0.2, 0.25) is 18.6 Å². The minimum absolute atomic E-state index is 0.0329. The Morgan fingerprint density at radius 1 is 0.960 bits per heavy atom. The van der Waals surface area contributed by atoms with Gasteiger partial charge < -0.3 is 30.5 Å². The second-order valence-corrected chi connectivity index (χ2v) is 19.1. The molecule has 0 spiro atoms. The van der Waals surface area contributed by atoms with E-state index in [2.05, 4.69) is 55.7 Å². The van der Waals surface area contributed by atoms with Gasteiger partial charge in [-0.3, -0.25) is 9.59 Å². The number of benzene rings is 4. The number of ether oxygens (including phenoxy) is 2. The summed E-state index contributed by atoms with van der Waals surface area (Å²) in [7, 11) is -0.497. The van der Waals surface area contributed by atoms with E-state index in [4.69, 9.17) is 15.2 Å². The van der Waals surface area contributed by atoms with Crippen molar-refractivity contribution in [1.82, 2.24) is 4.90 Å². The van der Waals surface area contributed by atoms with Crippen LogP contribution in [0.5, 0.6) is 5.75 Å². The van der Waals surface area contributed by atoms with Gasteiger partial charge in [0.2, 0.25) is 5.91 Å². The number of nitrogens with two attached hydrogens (primary N) is 1. The van der Waals surface area contributed by atoms with Crippen LogP contribution >= 0.6 is 0 Å². The summed E-state index contributed by atoms with van der Waals surface area (Å²) in [5.41, 5.74) is 11.3. The van der Waals surface area contributed by atoms with Gasteiger partial charge in [-0.15, -0.1) is 0 Å². The number of nitrogens with zero attached hydrogens (tertiary/aromatic N) is 1. The van der Waals surface area contributed by atoms with Gasteiger partial charge >= 0.3 is 0 Å². The maximum atomic E-state index is 14.2. The van der Waals surface area contributed by atoms with Gasteiger partial charge in [0.1, 0.15) is 5.75 Å². The molecule has 262 valence electrons. The fraction of sp³-hybridized carbons (Fsp3) is 0.366. The van der Waals surface area contributed by atoms with E-state index >= 15 is 0 Å². The van der Waals surface area contributed by atoms with E-state index in [9.17, 15) is 14.7 Å². The summed E-state index contributed by atoms with van der Waals surface area (Å²) in [5, 5.41) is 14.6. The van der Waals surface area contributed by atoms with E-state index in [0.29, 0.717) is 24.2 Å². The van der Waals surface area contributed by atoms with Gasteiger partial charge in [-0.05, 0) is 95.9 Å². The van der Waals surface area contributed by atoms with Crippen molar-refractivity contribution in [2.24, 2.45) is 5.92 Å². The van der Waals surface area contributed by atoms with Gasteiger partial charge in [-0.2, -0.15) is 0 Å². The maximum Gasteiger partial charge on any atom is 0.255 e. The second-order valence-electron chi connectivity index (χ2n) is 14.4. The third-order valence-electron chi connectivity index (χ3n) is 10.9. The van der Waals surface area contributed by atoms with E-state index in [0.717, 1.165) is 35.4 Å². The normalized spacial score (nSPS) is 21.8. The molecule has 8 nitrogen and oxygen atoms in total. The molecule has 5 atom stereocenters. The Morgan fingerprint density at radius 3 is 2.38 bits per heavy atom. The number of nitrogens with one attached hydrogen (secondary N) is 1. The number of carbonyl (C=O) groups is 2.